The number of aromatic nitrogens is 2. The number of hydrogen-bond acceptors (Lipinski definition) is 3. The van der Waals surface area contributed by atoms with Gasteiger partial charge in [0.15, 0.2) is 0 Å². The molecule has 0 radical (unpaired) electrons. The quantitative estimate of drug-likeness (QED) is 0.812. The summed E-state index contributed by atoms with van der Waals surface area (Å²) in [5, 5.41) is 0. The predicted molar refractivity (Wildman–Crippen MR) is 81.3 cm³/mol. The van der Waals surface area contributed by atoms with E-state index in [1.807, 2.05) is 33.7 Å². The van der Waals surface area contributed by atoms with Gasteiger partial charge in [-0.05, 0) is 12.1 Å². The minimum Gasteiger partial charge on any atom is -0.378 e. The highest BCUT2D eigenvalue weighted by molar-refractivity contribution is 6.16. The van der Waals surface area contributed by atoms with Crippen molar-refractivity contribution < 1.29 is 9.53 Å². The number of benzene rings is 1. The summed E-state index contributed by atoms with van der Waals surface area (Å²) < 4.78 is 7.31. The van der Waals surface area contributed by atoms with E-state index in [1.165, 1.54) is 0 Å². The predicted octanol–water partition coefficient (Wildman–Crippen LogP) is 2.02. The Labute approximate surface area is 128 Å². The van der Waals surface area contributed by atoms with Crippen LogP contribution in [-0.4, -0.2) is 46.7 Å². The van der Waals surface area contributed by atoms with E-state index in [-0.39, 0.29) is 5.91 Å². The minimum absolute atomic E-state index is 0.164. The SMILES string of the molecule is O=C(CCn1c(CCl)nc2ccccc21)N1CCOCC1. The van der Waals surface area contributed by atoms with Gasteiger partial charge in [-0.3, -0.25) is 4.79 Å². The van der Waals surface area contributed by atoms with Gasteiger partial charge in [-0.15, -0.1) is 11.6 Å². The zero-order valence-corrected chi connectivity index (χ0v) is 12.6. The van der Waals surface area contributed by atoms with Crippen LogP contribution < -0.4 is 0 Å². The monoisotopic (exact) mass is 307 g/mol. The Kier molecular flexibility index (Phi) is 4.41. The number of halogens is 1. The summed E-state index contributed by atoms with van der Waals surface area (Å²) >= 11 is 5.97. The Morgan fingerprint density at radius 1 is 1.29 bits per heavy atom. The average molecular weight is 308 g/mol. The third kappa shape index (κ3) is 3.04. The lowest BCUT2D eigenvalue weighted by Crippen LogP contribution is -2.41. The third-order valence-electron chi connectivity index (χ3n) is 3.77. The Hall–Kier alpha value is -1.59. The van der Waals surface area contributed by atoms with Gasteiger partial charge in [-0.2, -0.15) is 0 Å². The number of ether oxygens (including phenoxy) is 1. The van der Waals surface area contributed by atoms with Gasteiger partial charge in [0.05, 0.1) is 30.1 Å². The molecule has 2 aromatic rings. The lowest BCUT2D eigenvalue weighted by Gasteiger charge is -2.27. The molecule has 1 aliphatic heterocycles. The number of morpholine rings is 1. The lowest BCUT2D eigenvalue weighted by atomic mass is 10.3. The molecule has 0 unspecified atom stereocenters. The zero-order chi connectivity index (χ0) is 14.7. The van der Waals surface area contributed by atoms with E-state index in [1.54, 1.807) is 0 Å². The van der Waals surface area contributed by atoms with E-state index in [4.69, 9.17) is 16.3 Å². The van der Waals surface area contributed by atoms with Gasteiger partial charge in [0.25, 0.3) is 0 Å². The van der Waals surface area contributed by atoms with Crippen molar-refractivity contribution in [3.8, 4) is 0 Å². The number of hydrogen-bond donors (Lipinski definition) is 0. The highest BCUT2D eigenvalue weighted by atomic mass is 35.5. The van der Waals surface area contributed by atoms with E-state index < -0.39 is 0 Å². The Morgan fingerprint density at radius 3 is 2.81 bits per heavy atom. The molecule has 0 aliphatic carbocycles. The van der Waals surface area contributed by atoms with E-state index in [2.05, 4.69) is 4.98 Å². The van der Waals surface area contributed by atoms with E-state index in [0.717, 1.165) is 16.9 Å². The second kappa shape index (κ2) is 6.45. The van der Waals surface area contributed by atoms with Gasteiger partial charge >= 0.3 is 0 Å². The number of para-hydroxylation sites is 2. The maximum atomic E-state index is 12.2. The van der Waals surface area contributed by atoms with Crippen molar-refractivity contribution in [3.05, 3.63) is 30.1 Å². The third-order valence-corrected chi connectivity index (χ3v) is 4.01. The van der Waals surface area contributed by atoms with Crippen molar-refractivity contribution >= 4 is 28.5 Å². The van der Waals surface area contributed by atoms with Crippen LogP contribution in [0.2, 0.25) is 0 Å². The summed E-state index contributed by atoms with van der Waals surface area (Å²) in [4.78, 5) is 18.6. The molecule has 1 aromatic heterocycles. The Balaban J connectivity index is 1.73. The summed E-state index contributed by atoms with van der Waals surface area (Å²) in [6.07, 6.45) is 0.463. The van der Waals surface area contributed by atoms with E-state index >= 15 is 0 Å². The van der Waals surface area contributed by atoms with Crippen molar-refractivity contribution in [2.75, 3.05) is 26.3 Å². The summed E-state index contributed by atoms with van der Waals surface area (Å²) in [7, 11) is 0. The Morgan fingerprint density at radius 2 is 2.05 bits per heavy atom. The van der Waals surface area contributed by atoms with Crippen LogP contribution in [0.25, 0.3) is 11.0 Å². The maximum absolute atomic E-state index is 12.2. The molecule has 6 heteroatoms. The van der Waals surface area contributed by atoms with Crippen LogP contribution in [0.3, 0.4) is 0 Å². The number of amides is 1. The van der Waals surface area contributed by atoms with Crippen LogP contribution >= 0.6 is 11.6 Å². The standard InChI is InChI=1S/C15H18ClN3O2/c16-11-14-17-12-3-1-2-4-13(12)19(14)6-5-15(20)18-7-9-21-10-8-18/h1-4H,5-11H2. The van der Waals surface area contributed by atoms with Crippen LogP contribution in [0.5, 0.6) is 0 Å². The fourth-order valence-corrected chi connectivity index (χ4v) is 2.86. The number of aryl methyl sites for hydroxylation is 1. The molecule has 21 heavy (non-hydrogen) atoms. The number of rotatable bonds is 4. The van der Waals surface area contributed by atoms with Crippen LogP contribution in [0.15, 0.2) is 24.3 Å². The van der Waals surface area contributed by atoms with E-state index in [0.29, 0.717) is 45.1 Å². The van der Waals surface area contributed by atoms with Crippen LogP contribution in [-0.2, 0) is 22.0 Å². The molecular weight excluding hydrogens is 290 g/mol. The molecule has 1 amide bonds. The van der Waals surface area contributed by atoms with Gasteiger partial charge < -0.3 is 14.2 Å². The normalized spacial score (nSPS) is 15.6. The van der Waals surface area contributed by atoms with Gasteiger partial charge in [-0.25, -0.2) is 4.98 Å². The molecule has 5 nitrogen and oxygen atoms in total. The molecule has 0 N–H and O–H groups in total. The molecule has 0 saturated carbocycles. The minimum atomic E-state index is 0.164. The fourth-order valence-electron chi connectivity index (χ4n) is 2.66. The fraction of sp³-hybridized carbons (Fsp3) is 0.467. The highest BCUT2D eigenvalue weighted by Crippen LogP contribution is 2.18. The molecule has 1 fully saturated rings. The van der Waals surface area contributed by atoms with Crippen molar-refractivity contribution in [2.45, 2.75) is 18.8 Å². The van der Waals surface area contributed by atoms with Gasteiger partial charge in [-0.1, -0.05) is 12.1 Å². The molecular formula is C15H18ClN3O2. The van der Waals surface area contributed by atoms with Gasteiger partial charge in [0.1, 0.15) is 5.82 Å². The molecule has 112 valence electrons. The molecule has 0 bridgehead atoms. The number of fused-ring (bicyclic) bond motifs is 1. The molecule has 2 heterocycles. The summed E-state index contributed by atoms with van der Waals surface area (Å²) in [6.45, 7) is 3.25. The average Bonchev–Trinajstić information content (AvgIpc) is 2.91. The lowest BCUT2D eigenvalue weighted by molar-refractivity contribution is -0.135. The van der Waals surface area contributed by atoms with Crippen molar-refractivity contribution in [1.82, 2.24) is 14.5 Å². The zero-order valence-electron chi connectivity index (χ0n) is 11.8. The first kappa shape index (κ1) is 14.4. The number of carbonyl (C=O) groups excluding carboxylic acids is 1. The topological polar surface area (TPSA) is 47.4 Å². The summed E-state index contributed by atoms with van der Waals surface area (Å²) in [6, 6.07) is 7.90. The molecule has 1 aromatic carbocycles. The van der Waals surface area contributed by atoms with Crippen LogP contribution in [0.1, 0.15) is 12.2 Å². The second-order valence-corrected chi connectivity index (χ2v) is 5.31. The maximum Gasteiger partial charge on any atom is 0.224 e. The molecule has 3 rings (SSSR count). The van der Waals surface area contributed by atoms with Crippen molar-refractivity contribution in [3.63, 3.8) is 0 Å². The number of imidazole rings is 1. The molecule has 1 aliphatic rings. The van der Waals surface area contributed by atoms with Crippen LogP contribution in [0, 0.1) is 0 Å². The first-order chi connectivity index (χ1) is 10.3. The molecule has 0 spiro atoms. The Bertz CT molecular complexity index is 635. The van der Waals surface area contributed by atoms with Crippen molar-refractivity contribution in [2.24, 2.45) is 0 Å². The number of alkyl halides is 1. The first-order valence-electron chi connectivity index (χ1n) is 7.15. The van der Waals surface area contributed by atoms with Crippen LogP contribution in [0.4, 0.5) is 0 Å². The smallest absolute Gasteiger partial charge is 0.224 e. The largest absolute Gasteiger partial charge is 0.378 e. The molecule has 1 saturated heterocycles. The van der Waals surface area contributed by atoms with Crippen molar-refractivity contribution in [1.29, 1.82) is 0 Å². The number of nitrogens with zero attached hydrogens (tertiary/aromatic N) is 3. The van der Waals surface area contributed by atoms with Gasteiger partial charge in [0, 0.05) is 26.1 Å². The van der Waals surface area contributed by atoms with Gasteiger partial charge in [0.2, 0.25) is 5.91 Å². The summed E-state index contributed by atoms with van der Waals surface area (Å²) in [5.41, 5.74) is 1.95. The highest BCUT2D eigenvalue weighted by Gasteiger charge is 2.17. The van der Waals surface area contributed by atoms with E-state index in [9.17, 15) is 4.79 Å². The molecule has 0 atom stereocenters. The first-order valence-corrected chi connectivity index (χ1v) is 7.68. The number of carbonyl (C=O) groups is 1. The second-order valence-electron chi connectivity index (χ2n) is 5.05. The summed E-state index contributed by atoms with van der Waals surface area (Å²) in [5.74, 6) is 1.32.